The molecule has 1 aromatic heterocycles. The number of aromatic nitrogens is 2. The van der Waals surface area contributed by atoms with E-state index in [0.29, 0.717) is 40.1 Å². The fraction of sp³-hybridized carbons (Fsp3) is 0.238. The van der Waals surface area contributed by atoms with Crippen molar-refractivity contribution in [2.24, 2.45) is 12.8 Å². The van der Waals surface area contributed by atoms with Gasteiger partial charge < -0.3 is 20.5 Å². The Kier molecular flexibility index (Phi) is 6.59. The van der Waals surface area contributed by atoms with Crippen LogP contribution in [0.3, 0.4) is 0 Å². The van der Waals surface area contributed by atoms with Crippen molar-refractivity contribution in [1.82, 2.24) is 9.78 Å². The summed E-state index contributed by atoms with van der Waals surface area (Å²) in [4.78, 5) is 12.6. The van der Waals surface area contributed by atoms with Crippen molar-refractivity contribution in [3.63, 3.8) is 0 Å². The minimum absolute atomic E-state index is 0.104. The van der Waals surface area contributed by atoms with Crippen molar-refractivity contribution in [3.8, 4) is 22.8 Å². The number of hydrogen-bond donors (Lipinski definition) is 2. The van der Waals surface area contributed by atoms with Crippen LogP contribution in [-0.4, -0.2) is 35.4 Å². The number of anilines is 1. The minimum Gasteiger partial charge on any atom is -0.497 e. The number of nitrogens with zero attached hydrogens (tertiary/aromatic N) is 2. The highest BCUT2D eigenvalue weighted by Crippen LogP contribution is 2.36. The highest BCUT2D eigenvalue weighted by molar-refractivity contribution is 6.33. The Morgan fingerprint density at radius 2 is 2.10 bits per heavy atom. The van der Waals surface area contributed by atoms with E-state index in [4.69, 9.17) is 26.8 Å². The summed E-state index contributed by atoms with van der Waals surface area (Å²) in [6.07, 6.45) is 1.52. The van der Waals surface area contributed by atoms with Crippen LogP contribution in [0, 0.1) is 5.82 Å². The number of amides is 1. The molecule has 0 bridgehead atoms. The van der Waals surface area contributed by atoms with Crippen molar-refractivity contribution < 1.29 is 18.7 Å². The second kappa shape index (κ2) is 9.15. The van der Waals surface area contributed by atoms with Crippen LogP contribution in [0.1, 0.15) is 17.3 Å². The average Bonchev–Trinajstić information content (AvgIpc) is 3.04. The number of carbonyl (C=O) groups excluding carboxylic acids is 1. The van der Waals surface area contributed by atoms with E-state index in [1.807, 2.05) is 6.92 Å². The molecule has 1 atom stereocenters. The lowest BCUT2D eigenvalue weighted by atomic mass is 10.1. The van der Waals surface area contributed by atoms with Gasteiger partial charge in [-0.05, 0) is 37.3 Å². The predicted molar refractivity (Wildman–Crippen MR) is 114 cm³/mol. The van der Waals surface area contributed by atoms with Crippen LogP contribution in [0.2, 0.25) is 5.02 Å². The number of aryl methyl sites for hydroxylation is 1. The van der Waals surface area contributed by atoms with Gasteiger partial charge >= 0.3 is 0 Å². The van der Waals surface area contributed by atoms with Gasteiger partial charge in [-0.1, -0.05) is 11.6 Å². The van der Waals surface area contributed by atoms with Gasteiger partial charge in [-0.15, -0.1) is 0 Å². The highest BCUT2D eigenvalue weighted by atomic mass is 35.5. The van der Waals surface area contributed by atoms with Gasteiger partial charge in [0.1, 0.15) is 23.9 Å². The number of nitrogens with two attached hydrogens (primary N) is 1. The van der Waals surface area contributed by atoms with Crippen molar-refractivity contribution in [2.75, 3.05) is 19.0 Å². The largest absolute Gasteiger partial charge is 0.497 e. The smallest absolute Gasteiger partial charge is 0.258 e. The molecule has 30 heavy (non-hydrogen) atoms. The van der Waals surface area contributed by atoms with Crippen LogP contribution < -0.4 is 20.5 Å². The van der Waals surface area contributed by atoms with Crippen LogP contribution in [0.25, 0.3) is 11.3 Å². The van der Waals surface area contributed by atoms with Crippen LogP contribution in [0.5, 0.6) is 11.5 Å². The average molecular weight is 433 g/mol. The fourth-order valence-electron chi connectivity index (χ4n) is 2.86. The van der Waals surface area contributed by atoms with Crippen LogP contribution in [0.15, 0.2) is 42.6 Å². The van der Waals surface area contributed by atoms with Gasteiger partial charge in [-0.3, -0.25) is 9.48 Å². The summed E-state index contributed by atoms with van der Waals surface area (Å²) in [6.45, 7) is 2.12. The summed E-state index contributed by atoms with van der Waals surface area (Å²) < 4.78 is 26.6. The highest BCUT2D eigenvalue weighted by Gasteiger charge is 2.18. The number of methoxy groups -OCH3 is 1. The van der Waals surface area contributed by atoms with Gasteiger partial charge in [0.25, 0.3) is 5.91 Å². The molecule has 3 N–H and O–H groups in total. The summed E-state index contributed by atoms with van der Waals surface area (Å²) in [7, 11) is 3.17. The van der Waals surface area contributed by atoms with E-state index in [1.165, 1.54) is 25.4 Å². The molecule has 0 saturated carbocycles. The molecule has 1 amide bonds. The predicted octanol–water partition coefficient (Wildman–Crippen LogP) is 3.87. The fourth-order valence-corrected chi connectivity index (χ4v) is 3.13. The number of ether oxygens (including phenoxy) is 2. The minimum atomic E-state index is -0.682. The molecular weight excluding hydrogens is 411 g/mol. The normalized spacial score (nSPS) is 11.8. The molecule has 0 fully saturated rings. The molecule has 0 unspecified atom stereocenters. The Labute approximate surface area is 178 Å². The second-order valence-electron chi connectivity index (χ2n) is 6.76. The van der Waals surface area contributed by atoms with Gasteiger partial charge in [0, 0.05) is 30.4 Å². The number of nitrogens with one attached hydrogen (secondary N) is 1. The van der Waals surface area contributed by atoms with Gasteiger partial charge in [-0.2, -0.15) is 5.10 Å². The molecule has 0 aliphatic heterocycles. The molecule has 3 aromatic rings. The maximum atomic E-state index is 14.2. The first-order valence-electron chi connectivity index (χ1n) is 9.15. The van der Waals surface area contributed by atoms with E-state index in [0.717, 1.165) is 6.07 Å². The maximum Gasteiger partial charge on any atom is 0.258 e. The lowest BCUT2D eigenvalue weighted by Crippen LogP contribution is -2.23. The Morgan fingerprint density at radius 1 is 1.33 bits per heavy atom. The molecule has 0 aliphatic rings. The Morgan fingerprint density at radius 3 is 2.70 bits per heavy atom. The Balaban J connectivity index is 1.94. The van der Waals surface area contributed by atoms with Gasteiger partial charge in [0.15, 0.2) is 0 Å². The molecule has 7 nitrogen and oxygen atoms in total. The van der Waals surface area contributed by atoms with Crippen molar-refractivity contribution >= 4 is 23.2 Å². The molecular formula is C21H22ClFN4O3. The summed E-state index contributed by atoms with van der Waals surface area (Å²) in [5.41, 5.74) is 7.36. The molecule has 158 valence electrons. The lowest BCUT2D eigenvalue weighted by Gasteiger charge is -2.16. The lowest BCUT2D eigenvalue weighted by molar-refractivity contribution is 0.102. The zero-order valence-corrected chi connectivity index (χ0v) is 17.5. The SMILES string of the molecule is COc1ccc(C(=O)Nc2ccc(OC[C@H](C)N)c(-c3c(Cl)cnn3C)c2)c(F)c1. The molecule has 1 heterocycles. The van der Waals surface area contributed by atoms with Crippen molar-refractivity contribution in [1.29, 1.82) is 0 Å². The number of carbonyl (C=O) groups is 1. The van der Waals surface area contributed by atoms with Gasteiger partial charge in [0.2, 0.25) is 0 Å². The summed E-state index contributed by atoms with van der Waals surface area (Å²) in [6, 6.07) is 8.91. The first kappa shape index (κ1) is 21.6. The third-order valence-electron chi connectivity index (χ3n) is 4.31. The zero-order valence-electron chi connectivity index (χ0n) is 16.8. The number of hydrogen-bond acceptors (Lipinski definition) is 5. The molecule has 3 rings (SSSR count). The number of rotatable bonds is 7. The Bertz CT molecular complexity index is 1050. The van der Waals surface area contributed by atoms with E-state index in [-0.39, 0.29) is 11.6 Å². The zero-order chi connectivity index (χ0) is 21.8. The first-order valence-corrected chi connectivity index (χ1v) is 9.53. The number of benzene rings is 2. The van der Waals surface area contributed by atoms with Gasteiger partial charge in [0.05, 0.1) is 29.6 Å². The topological polar surface area (TPSA) is 91.4 Å². The summed E-state index contributed by atoms with van der Waals surface area (Å²) in [5.74, 6) is -0.417. The van der Waals surface area contributed by atoms with Crippen molar-refractivity contribution in [2.45, 2.75) is 13.0 Å². The third kappa shape index (κ3) is 4.72. The van der Waals surface area contributed by atoms with Crippen LogP contribution in [-0.2, 0) is 7.05 Å². The third-order valence-corrected chi connectivity index (χ3v) is 4.59. The van der Waals surface area contributed by atoms with E-state index in [9.17, 15) is 9.18 Å². The van der Waals surface area contributed by atoms with Crippen LogP contribution in [0.4, 0.5) is 10.1 Å². The van der Waals surface area contributed by atoms with Gasteiger partial charge in [-0.25, -0.2) is 4.39 Å². The Hall–Kier alpha value is -3.10. The van der Waals surface area contributed by atoms with Crippen molar-refractivity contribution in [3.05, 3.63) is 59.0 Å². The quantitative estimate of drug-likeness (QED) is 0.591. The van der Waals surface area contributed by atoms with E-state index >= 15 is 0 Å². The number of halogens is 2. The second-order valence-corrected chi connectivity index (χ2v) is 7.17. The standard InChI is InChI=1S/C21H22ClFN4O3/c1-12(24)11-30-19-7-4-13(8-16(19)20-17(22)10-25-27(20)2)26-21(28)15-6-5-14(29-3)9-18(15)23/h4-10,12H,11,24H2,1-3H3,(H,26,28)/t12-/m0/s1. The van der Waals surface area contributed by atoms with E-state index in [1.54, 1.807) is 29.9 Å². The molecule has 0 aliphatic carbocycles. The maximum absolute atomic E-state index is 14.2. The first-order chi connectivity index (χ1) is 14.3. The summed E-state index contributed by atoms with van der Waals surface area (Å²) in [5, 5.41) is 7.27. The van der Waals surface area contributed by atoms with E-state index in [2.05, 4.69) is 10.4 Å². The van der Waals surface area contributed by atoms with Crippen LogP contribution >= 0.6 is 11.6 Å². The monoisotopic (exact) mass is 432 g/mol. The molecule has 0 spiro atoms. The summed E-state index contributed by atoms with van der Waals surface area (Å²) >= 11 is 6.31. The molecule has 0 radical (unpaired) electrons. The molecule has 9 heteroatoms. The molecule has 0 saturated heterocycles. The molecule has 2 aromatic carbocycles. The van der Waals surface area contributed by atoms with E-state index < -0.39 is 11.7 Å².